The average Bonchev–Trinajstić information content (AvgIpc) is 3.09. The molecule has 2 amide bonds. The summed E-state index contributed by atoms with van der Waals surface area (Å²) >= 11 is 0. The zero-order chi connectivity index (χ0) is 24.1. The summed E-state index contributed by atoms with van der Waals surface area (Å²) in [6.07, 6.45) is 0. The molecular formula is C27H26N2O5. The van der Waals surface area contributed by atoms with Gasteiger partial charge in [0.05, 0.1) is 32.9 Å². The Hall–Kier alpha value is -4.26. The Morgan fingerprint density at radius 1 is 0.824 bits per heavy atom. The van der Waals surface area contributed by atoms with Gasteiger partial charge in [0.2, 0.25) is 0 Å². The van der Waals surface area contributed by atoms with Gasteiger partial charge in [-0.15, -0.1) is 0 Å². The zero-order valence-corrected chi connectivity index (χ0v) is 19.3. The molecule has 0 atom stereocenters. The van der Waals surface area contributed by atoms with Crippen molar-refractivity contribution in [1.82, 2.24) is 4.90 Å². The Balaban J connectivity index is 1.73. The molecule has 174 valence electrons. The summed E-state index contributed by atoms with van der Waals surface area (Å²) in [4.78, 5) is 28.2. The van der Waals surface area contributed by atoms with Crippen LogP contribution in [0.1, 0.15) is 18.1 Å². The highest BCUT2D eigenvalue weighted by atomic mass is 16.5. The average molecular weight is 459 g/mol. The summed E-state index contributed by atoms with van der Waals surface area (Å²) in [5, 5.41) is 3.15. The van der Waals surface area contributed by atoms with Crippen molar-refractivity contribution >= 4 is 23.1 Å². The fraction of sp³-hybridized carbons (Fsp3) is 0.185. The highest BCUT2D eigenvalue weighted by Gasteiger charge is 2.39. The SMILES string of the molecule is CCOc1ccc(C2=C(Nc3ccc(OC)c(OC)c3)C(=O)N(Cc3ccccc3)C2=O)cc1. The maximum Gasteiger partial charge on any atom is 0.278 e. The number of ether oxygens (including phenoxy) is 3. The summed E-state index contributed by atoms with van der Waals surface area (Å²) in [6, 6.07) is 21.8. The molecule has 7 nitrogen and oxygen atoms in total. The summed E-state index contributed by atoms with van der Waals surface area (Å²) in [5.41, 5.74) is 2.60. The van der Waals surface area contributed by atoms with E-state index in [4.69, 9.17) is 14.2 Å². The van der Waals surface area contributed by atoms with Crippen LogP contribution in [0.4, 0.5) is 5.69 Å². The molecule has 0 unspecified atom stereocenters. The van der Waals surface area contributed by atoms with Gasteiger partial charge in [0.1, 0.15) is 11.4 Å². The first-order valence-corrected chi connectivity index (χ1v) is 10.9. The molecular weight excluding hydrogens is 432 g/mol. The van der Waals surface area contributed by atoms with E-state index in [2.05, 4.69) is 5.32 Å². The molecule has 0 aliphatic carbocycles. The first-order valence-electron chi connectivity index (χ1n) is 10.9. The number of amides is 2. The Labute approximate surface area is 198 Å². The van der Waals surface area contributed by atoms with E-state index in [0.717, 1.165) is 5.56 Å². The molecule has 0 fully saturated rings. The van der Waals surface area contributed by atoms with Gasteiger partial charge in [-0.1, -0.05) is 42.5 Å². The van der Waals surface area contributed by atoms with E-state index in [1.54, 1.807) is 49.6 Å². The predicted octanol–water partition coefficient (Wildman–Crippen LogP) is 4.49. The van der Waals surface area contributed by atoms with E-state index >= 15 is 0 Å². The van der Waals surface area contributed by atoms with Gasteiger partial charge < -0.3 is 19.5 Å². The molecule has 4 rings (SSSR count). The molecule has 1 N–H and O–H groups in total. The number of carbonyl (C=O) groups is 2. The lowest BCUT2D eigenvalue weighted by atomic mass is 10.0. The van der Waals surface area contributed by atoms with E-state index in [0.29, 0.717) is 40.7 Å². The van der Waals surface area contributed by atoms with Gasteiger partial charge in [-0.2, -0.15) is 0 Å². The zero-order valence-electron chi connectivity index (χ0n) is 19.3. The summed E-state index contributed by atoms with van der Waals surface area (Å²) in [6.45, 7) is 2.62. The van der Waals surface area contributed by atoms with Crippen LogP contribution in [0, 0.1) is 0 Å². The lowest BCUT2D eigenvalue weighted by molar-refractivity contribution is -0.137. The molecule has 0 saturated heterocycles. The van der Waals surface area contributed by atoms with Crippen molar-refractivity contribution in [1.29, 1.82) is 0 Å². The van der Waals surface area contributed by atoms with Crippen LogP contribution in [-0.2, 0) is 16.1 Å². The fourth-order valence-electron chi connectivity index (χ4n) is 3.81. The minimum absolute atomic E-state index is 0.177. The second-order valence-electron chi connectivity index (χ2n) is 7.58. The van der Waals surface area contributed by atoms with Gasteiger partial charge in [0.25, 0.3) is 11.8 Å². The van der Waals surface area contributed by atoms with Crippen LogP contribution in [0.15, 0.2) is 78.5 Å². The van der Waals surface area contributed by atoms with E-state index in [1.165, 1.54) is 12.0 Å². The summed E-state index contributed by atoms with van der Waals surface area (Å²) in [5.74, 6) is 1.01. The van der Waals surface area contributed by atoms with Crippen LogP contribution >= 0.6 is 0 Å². The topological polar surface area (TPSA) is 77.1 Å². The Morgan fingerprint density at radius 2 is 1.53 bits per heavy atom. The maximum absolute atomic E-state index is 13.5. The predicted molar refractivity (Wildman–Crippen MR) is 130 cm³/mol. The molecule has 1 aliphatic heterocycles. The van der Waals surface area contributed by atoms with Crippen molar-refractivity contribution in [2.45, 2.75) is 13.5 Å². The Kier molecular flexibility index (Phi) is 6.82. The van der Waals surface area contributed by atoms with Gasteiger partial charge in [0, 0.05) is 11.8 Å². The smallest absolute Gasteiger partial charge is 0.278 e. The first-order chi connectivity index (χ1) is 16.5. The highest BCUT2D eigenvalue weighted by molar-refractivity contribution is 6.36. The fourth-order valence-corrected chi connectivity index (χ4v) is 3.81. The van der Waals surface area contributed by atoms with Crippen LogP contribution < -0.4 is 19.5 Å². The molecule has 7 heteroatoms. The third kappa shape index (κ3) is 4.59. The third-order valence-corrected chi connectivity index (χ3v) is 5.46. The number of rotatable bonds is 9. The number of methoxy groups -OCH3 is 2. The number of imide groups is 1. The minimum atomic E-state index is -0.396. The van der Waals surface area contributed by atoms with Crippen LogP contribution in [0.5, 0.6) is 17.2 Å². The van der Waals surface area contributed by atoms with Gasteiger partial charge in [-0.25, -0.2) is 0 Å². The summed E-state index contributed by atoms with van der Waals surface area (Å²) in [7, 11) is 3.09. The normalized spacial score (nSPS) is 13.3. The minimum Gasteiger partial charge on any atom is -0.494 e. The number of hydrogen-bond acceptors (Lipinski definition) is 6. The molecule has 3 aromatic rings. The monoisotopic (exact) mass is 458 g/mol. The lowest BCUT2D eigenvalue weighted by Gasteiger charge is -2.16. The number of carbonyl (C=O) groups excluding carboxylic acids is 2. The molecule has 0 bridgehead atoms. The van der Waals surface area contributed by atoms with Crippen molar-refractivity contribution in [2.24, 2.45) is 0 Å². The van der Waals surface area contributed by atoms with Gasteiger partial charge >= 0.3 is 0 Å². The van der Waals surface area contributed by atoms with E-state index in [-0.39, 0.29) is 18.1 Å². The van der Waals surface area contributed by atoms with Crippen molar-refractivity contribution in [3.8, 4) is 17.2 Å². The standard InChI is InChI=1S/C27H26N2O5/c1-4-34-21-13-10-19(11-14-21)24-25(28-20-12-15-22(32-2)23(16-20)33-3)27(31)29(26(24)30)17-18-8-6-5-7-9-18/h5-16,28H,4,17H2,1-3H3. The van der Waals surface area contributed by atoms with E-state index < -0.39 is 5.91 Å². The van der Waals surface area contributed by atoms with Crippen molar-refractivity contribution in [3.63, 3.8) is 0 Å². The van der Waals surface area contributed by atoms with Gasteiger partial charge in [-0.3, -0.25) is 14.5 Å². The molecule has 3 aromatic carbocycles. The Morgan fingerprint density at radius 3 is 2.18 bits per heavy atom. The second kappa shape index (κ2) is 10.1. The molecule has 0 saturated carbocycles. The molecule has 34 heavy (non-hydrogen) atoms. The van der Waals surface area contributed by atoms with Crippen molar-refractivity contribution < 1.29 is 23.8 Å². The number of nitrogens with zero attached hydrogens (tertiary/aromatic N) is 1. The molecule has 0 radical (unpaired) electrons. The maximum atomic E-state index is 13.5. The van der Waals surface area contributed by atoms with Gasteiger partial charge in [-0.05, 0) is 42.3 Å². The molecule has 1 aliphatic rings. The lowest BCUT2D eigenvalue weighted by Crippen LogP contribution is -2.31. The highest BCUT2D eigenvalue weighted by Crippen LogP contribution is 2.35. The van der Waals surface area contributed by atoms with E-state index in [1.807, 2.05) is 37.3 Å². The Bertz CT molecular complexity index is 1220. The second-order valence-corrected chi connectivity index (χ2v) is 7.58. The van der Waals surface area contributed by atoms with Crippen LogP contribution in [0.2, 0.25) is 0 Å². The third-order valence-electron chi connectivity index (χ3n) is 5.46. The van der Waals surface area contributed by atoms with Crippen molar-refractivity contribution in [3.05, 3.63) is 89.6 Å². The number of nitrogens with one attached hydrogen (secondary N) is 1. The molecule has 1 heterocycles. The van der Waals surface area contributed by atoms with Crippen LogP contribution in [0.25, 0.3) is 5.57 Å². The van der Waals surface area contributed by atoms with Crippen molar-refractivity contribution in [2.75, 3.05) is 26.1 Å². The van der Waals surface area contributed by atoms with Crippen LogP contribution in [0.3, 0.4) is 0 Å². The molecule has 0 spiro atoms. The largest absolute Gasteiger partial charge is 0.494 e. The van der Waals surface area contributed by atoms with Crippen LogP contribution in [-0.4, -0.2) is 37.5 Å². The number of anilines is 1. The number of benzene rings is 3. The van der Waals surface area contributed by atoms with Gasteiger partial charge in [0.15, 0.2) is 11.5 Å². The number of hydrogen-bond donors (Lipinski definition) is 1. The first kappa shape index (κ1) is 22.9. The summed E-state index contributed by atoms with van der Waals surface area (Å²) < 4.78 is 16.2. The quantitative estimate of drug-likeness (QED) is 0.476. The van der Waals surface area contributed by atoms with E-state index in [9.17, 15) is 9.59 Å². The molecule has 0 aromatic heterocycles.